The number of nitrogens with one attached hydrogen (secondary N) is 1. The zero-order chi connectivity index (χ0) is 23.9. The van der Waals surface area contributed by atoms with E-state index in [4.69, 9.17) is 0 Å². The van der Waals surface area contributed by atoms with Crippen LogP contribution in [0.5, 0.6) is 11.8 Å². The first kappa shape index (κ1) is 21.9. The molecule has 0 bridgehead atoms. The molecule has 3 N–H and O–H groups in total. The number of phenolic OH excluding ortho intramolecular Hbond substituents is 1. The van der Waals surface area contributed by atoms with E-state index in [9.17, 15) is 10.2 Å². The summed E-state index contributed by atoms with van der Waals surface area (Å²) in [7, 11) is 2.14. The first-order chi connectivity index (χ1) is 17.1. The average molecular weight is 474 g/mol. The summed E-state index contributed by atoms with van der Waals surface area (Å²) >= 11 is 0. The smallest absolute Gasteiger partial charge is 0.319 e. The number of anilines is 1. The molecular weight excluding hydrogens is 442 g/mol. The lowest BCUT2D eigenvalue weighted by atomic mass is 9.99. The topological polar surface area (TPSA) is 106 Å². The molecule has 1 aliphatic carbocycles. The molecule has 4 aromatic rings. The monoisotopic (exact) mass is 473 g/mol. The van der Waals surface area contributed by atoms with E-state index in [2.05, 4.69) is 49.4 Å². The van der Waals surface area contributed by atoms with Crippen molar-refractivity contribution in [2.75, 3.05) is 38.1 Å². The molecule has 182 valence electrons. The molecule has 9 nitrogen and oxygen atoms in total. The predicted molar refractivity (Wildman–Crippen MR) is 135 cm³/mol. The second kappa shape index (κ2) is 8.88. The van der Waals surface area contributed by atoms with Gasteiger partial charge in [0.25, 0.3) is 0 Å². The summed E-state index contributed by atoms with van der Waals surface area (Å²) in [5, 5.41) is 38.2. The minimum absolute atomic E-state index is 0.0660. The number of likely N-dealkylation sites (N-methyl/N-ethyl adjacent to an activating group) is 1. The summed E-state index contributed by atoms with van der Waals surface area (Å²) in [6.45, 7) is 4.05. The van der Waals surface area contributed by atoms with Crippen LogP contribution in [0.1, 0.15) is 31.4 Å². The Morgan fingerprint density at radius 2 is 1.66 bits per heavy atom. The van der Waals surface area contributed by atoms with Crippen LogP contribution in [0.3, 0.4) is 0 Å². The minimum atomic E-state index is -0.217. The van der Waals surface area contributed by atoms with E-state index in [-0.39, 0.29) is 11.8 Å². The lowest BCUT2D eigenvalue weighted by molar-refractivity contribution is 0.313. The van der Waals surface area contributed by atoms with Crippen LogP contribution in [-0.4, -0.2) is 73.3 Å². The van der Waals surface area contributed by atoms with Gasteiger partial charge in [0.1, 0.15) is 5.75 Å². The molecule has 0 unspecified atom stereocenters. The van der Waals surface area contributed by atoms with Gasteiger partial charge in [-0.15, -0.1) is 5.10 Å². The number of hydrogen-bond acceptors (Lipinski definition) is 7. The van der Waals surface area contributed by atoms with E-state index in [0.29, 0.717) is 17.3 Å². The van der Waals surface area contributed by atoms with Gasteiger partial charge in [-0.25, -0.2) is 4.57 Å². The number of hydrogen-bond donors (Lipinski definition) is 3. The predicted octanol–water partition coefficient (Wildman–Crippen LogP) is 3.71. The average Bonchev–Trinajstić information content (AvgIpc) is 3.61. The van der Waals surface area contributed by atoms with E-state index in [1.807, 2.05) is 18.2 Å². The van der Waals surface area contributed by atoms with Crippen molar-refractivity contribution in [1.29, 1.82) is 0 Å². The van der Waals surface area contributed by atoms with Crippen molar-refractivity contribution < 1.29 is 10.2 Å². The Morgan fingerprint density at radius 1 is 0.943 bits per heavy atom. The van der Waals surface area contributed by atoms with Crippen molar-refractivity contribution in [3.63, 3.8) is 0 Å². The number of fused-ring (bicyclic) bond motifs is 1. The fraction of sp³-hybridized carbons (Fsp3) is 0.423. The summed E-state index contributed by atoms with van der Waals surface area (Å²) in [4.78, 5) is 4.69. The molecule has 35 heavy (non-hydrogen) atoms. The number of H-pyrrole nitrogens is 1. The number of rotatable bonds is 5. The van der Waals surface area contributed by atoms with Gasteiger partial charge in [0.05, 0.1) is 22.5 Å². The molecule has 2 aromatic carbocycles. The fourth-order valence-electron chi connectivity index (χ4n) is 5.50. The standard InChI is InChI=1S/C26H31N7O2/c1-31-10-12-32(13-11-31)18-6-8-19(9-7-18)33-25(29-30-26(33)35)21-15-20-22(14-17-4-2-3-5-17)27-28-23(20)16-24(21)34/h6-9,15-17,34H,2-5,10-14H2,1H3,(H,27,28)(H,30,35). The Labute approximate surface area is 204 Å². The highest BCUT2D eigenvalue weighted by Gasteiger charge is 2.23. The van der Waals surface area contributed by atoms with Crippen LogP contribution in [0.15, 0.2) is 36.4 Å². The van der Waals surface area contributed by atoms with Gasteiger partial charge in [-0.1, -0.05) is 30.8 Å². The van der Waals surface area contributed by atoms with Crippen LogP contribution in [-0.2, 0) is 6.42 Å². The number of piperazine rings is 1. The molecular formula is C26H31N7O2. The highest BCUT2D eigenvalue weighted by molar-refractivity contribution is 5.89. The number of aromatic hydroxyl groups is 2. The van der Waals surface area contributed by atoms with Crippen molar-refractivity contribution >= 4 is 16.6 Å². The second-order valence-corrected chi connectivity index (χ2v) is 9.91. The van der Waals surface area contributed by atoms with Crippen LogP contribution in [0.25, 0.3) is 28.0 Å². The number of phenols is 1. The second-order valence-electron chi connectivity index (χ2n) is 9.91. The van der Waals surface area contributed by atoms with Crippen LogP contribution in [0, 0.1) is 5.92 Å². The quantitative estimate of drug-likeness (QED) is 0.406. The van der Waals surface area contributed by atoms with Gasteiger partial charge < -0.3 is 20.0 Å². The van der Waals surface area contributed by atoms with Gasteiger partial charge in [-0.2, -0.15) is 5.10 Å². The summed E-state index contributed by atoms with van der Waals surface area (Å²) in [6.07, 6.45) is 5.98. The van der Waals surface area contributed by atoms with Crippen molar-refractivity contribution in [2.45, 2.75) is 32.1 Å². The molecule has 0 spiro atoms. The number of nitrogens with zero attached hydrogens (tertiary/aromatic N) is 6. The molecule has 1 saturated carbocycles. The van der Waals surface area contributed by atoms with Crippen molar-refractivity contribution in [3.8, 4) is 28.8 Å². The van der Waals surface area contributed by atoms with Gasteiger partial charge in [-0.05, 0) is 49.7 Å². The fourth-order valence-corrected chi connectivity index (χ4v) is 5.50. The van der Waals surface area contributed by atoms with Crippen LogP contribution in [0.2, 0.25) is 0 Å². The van der Waals surface area contributed by atoms with Crippen LogP contribution < -0.4 is 4.90 Å². The lowest BCUT2D eigenvalue weighted by Crippen LogP contribution is -2.44. The van der Waals surface area contributed by atoms with Gasteiger partial charge in [0.15, 0.2) is 5.82 Å². The first-order valence-electron chi connectivity index (χ1n) is 12.5. The maximum absolute atomic E-state index is 10.9. The Kier molecular flexibility index (Phi) is 5.56. The van der Waals surface area contributed by atoms with Crippen LogP contribution in [0.4, 0.5) is 5.69 Å². The SMILES string of the molecule is CN1CCN(c2ccc(-n3c(O)nnc3-c3cc4c(CC5CCCC5)n[nH]c4cc3O)cc2)CC1. The highest BCUT2D eigenvalue weighted by atomic mass is 16.3. The van der Waals surface area contributed by atoms with Crippen molar-refractivity contribution in [3.05, 3.63) is 42.1 Å². The third kappa shape index (κ3) is 4.10. The Morgan fingerprint density at radius 3 is 2.40 bits per heavy atom. The lowest BCUT2D eigenvalue weighted by Gasteiger charge is -2.34. The molecule has 1 aliphatic heterocycles. The molecule has 1 saturated heterocycles. The highest BCUT2D eigenvalue weighted by Crippen LogP contribution is 2.37. The van der Waals surface area contributed by atoms with E-state index in [0.717, 1.165) is 60.6 Å². The molecule has 2 aromatic heterocycles. The largest absolute Gasteiger partial charge is 0.507 e. The molecule has 0 atom stereocenters. The minimum Gasteiger partial charge on any atom is -0.507 e. The first-order valence-corrected chi connectivity index (χ1v) is 12.5. The van der Waals surface area contributed by atoms with E-state index in [1.54, 1.807) is 10.6 Å². The molecule has 6 rings (SSSR count). The summed E-state index contributed by atoms with van der Waals surface area (Å²) in [6, 6.07) is 11.4. The van der Waals surface area contributed by atoms with Crippen LogP contribution >= 0.6 is 0 Å². The van der Waals surface area contributed by atoms with Crippen molar-refractivity contribution in [2.24, 2.45) is 5.92 Å². The van der Waals surface area contributed by atoms with Gasteiger partial charge in [-0.3, -0.25) is 5.10 Å². The number of benzene rings is 2. The van der Waals surface area contributed by atoms with E-state index < -0.39 is 0 Å². The summed E-state index contributed by atoms with van der Waals surface area (Å²) in [5.74, 6) is 1.11. The van der Waals surface area contributed by atoms with E-state index >= 15 is 0 Å². The Hall–Kier alpha value is -3.59. The molecule has 2 fully saturated rings. The molecule has 0 amide bonds. The maximum Gasteiger partial charge on any atom is 0.319 e. The zero-order valence-corrected chi connectivity index (χ0v) is 20.0. The van der Waals surface area contributed by atoms with Gasteiger partial charge in [0.2, 0.25) is 0 Å². The van der Waals surface area contributed by atoms with Gasteiger partial charge in [0, 0.05) is 43.3 Å². The third-order valence-electron chi connectivity index (χ3n) is 7.58. The zero-order valence-electron chi connectivity index (χ0n) is 20.0. The van der Waals surface area contributed by atoms with Crippen molar-refractivity contribution in [1.82, 2.24) is 29.9 Å². The molecule has 0 radical (unpaired) electrons. The van der Waals surface area contributed by atoms with E-state index in [1.165, 1.54) is 25.7 Å². The molecule has 2 aliphatic rings. The molecule has 9 heteroatoms. The summed E-state index contributed by atoms with van der Waals surface area (Å²) < 4.78 is 1.57. The molecule has 3 heterocycles. The number of aromatic amines is 1. The normalized spacial score (nSPS) is 17.6. The van der Waals surface area contributed by atoms with Gasteiger partial charge >= 0.3 is 6.01 Å². The summed E-state index contributed by atoms with van der Waals surface area (Å²) in [5.41, 5.74) is 4.21. The Balaban J connectivity index is 1.34. The number of aromatic nitrogens is 5. The third-order valence-corrected chi connectivity index (χ3v) is 7.58. The maximum atomic E-state index is 10.9. The Bertz CT molecular complexity index is 1330.